The van der Waals surface area contributed by atoms with Crippen molar-refractivity contribution >= 4 is 11.9 Å². The van der Waals surface area contributed by atoms with Crippen molar-refractivity contribution in [2.75, 3.05) is 6.61 Å². The Bertz CT molecular complexity index is 1540. The zero-order chi connectivity index (χ0) is 36.0. The number of hydrogen-bond acceptors (Lipinski definition) is 10. The first-order valence-electron chi connectivity index (χ1n) is 18.1. The molecular formula is C39H53NO10. The lowest BCUT2D eigenvalue weighted by atomic mass is 9.71. The van der Waals surface area contributed by atoms with E-state index in [0.717, 1.165) is 18.4 Å². The number of furan rings is 1. The van der Waals surface area contributed by atoms with Gasteiger partial charge in [0, 0.05) is 19.3 Å². The molecule has 4 N–H and O–H groups in total. The highest BCUT2D eigenvalue weighted by atomic mass is 16.7. The second kappa shape index (κ2) is 14.2. The number of carbonyl (C=O) groups is 2. The van der Waals surface area contributed by atoms with Crippen LogP contribution in [-0.2, 0) is 23.7 Å². The summed E-state index contributed by atoms with van der Waals surface area (Å²) in [7, 11) is 0. The van der Waals surface area contributed by atoms with Crippen LogP contribution in [0.2, 0.25) is 0 Å². The van der Waals surface area contributed by atoms with E-state index in [2.05, 4.69) is 32.2 Å². The first-order valence-corrected chi connectivity index (χ1v) is 18.1. The Morgan fingerprint density at radius 2 is 1.96 bits per heavy atom. The van der Waals surface area contributed by atoms with Gasteiger partial charge in [-0.3, -0.25) is 4.79 Å². The quantitative estimate of drug-likeness (QED) is 0.258. The topological polar surface area (TPSA) is 157 Å². The molecule has 1 aliphatic carbocycles. The maximum atomic E-state index is 14.2. The van der Waals surface area contributed by atoms with Crippen LogP contribution in [-0.4, -0.2) is 87.4 Å². The van der Waals surface area contributed by atoms with Gasteiger partial charge in [-0.15, -0.1) is 0 Å². The van der Waals surface area contributed by atoms with Gasteiger partial charge >= 0.3 is 5.97 Å². The predicted octanol–water partition coefficient (Wildman–Crippen LogP) is 4.68. The minimum Gasteiger partial charge on any atom is -0.459 e. The van der Waals surface area contributed by atoms with E-state index in [-0.39, 0.29) is 42.0 Å². The molecule has 274 valence electrons. The number of allylic oxidation sites excluding steroid dienone is 2. The smallest absolute Gasteiger partial charge is 0.337 e. The Morgan fingerprint density at radius 1 is 1.18 bits per heavy atom. The van der Waals surface area contributed by atoms with Gasteiger partial charge in [0.2, 0.25) is 0 Å². The third kappa shape index (κ3) is 6.92. The number of fused-ring (bicyclic) bond motifs is 2. The Balaban J connectivity index is 1.41. The summed E-state index contributed by atoms with van der Waals surface area (Å²) in [5.74, 6) is -1.50. The lowest BCUT2D eigenvalue weighted by Gasteiger charge is -2.51. The van der Waals surface area contributed by atoms with Crippen LogP contribution in [0.4, 0.5) is 0 Å². The molecule has 0 unspecified atom stereocenters. The summed E-state index contributed by atoms with van der Waals surface area (Å²) in [6.07, 6.45) is 9.80. The fraction of sp³-hybridized carbons (Fsp3) is 0.641. The number of esters is 1. The van der Waals surface area contributed by atoms with E-state index in [9.17, 15) is 24.9 Å². The van der Waals surface area contributed by atoms with Crippen LogP contribution in [0.3, 0.4) is 0 Å². The SMILES string of the molecule is CC[C@H](C)[C@H]1O[C@]2(CC[C@@H]1C)C[C@@H]1C[C@@H](C/C=C(\C)[C@H](NC(=O)c3ccco3)[C@@H](C)/C=C/C=C3\CO[C@@H]4[C@H](O)[C@](C)(O)C=C(C(=O)O1)[C@]34O)O2. The van der Waals surface area contributed by atoms with Crippen molar-refractivity contribution in [2.24, 2.45) is 17.8 Å². The van der Waals surface area contributed by atoms with Crippen LogP contribution >= 0.6 is 0 Å². The number of hydrogen-bond donors (Lipinski definition) is 4. The first kappa shape index (κ1) is 36.7. The molecule has 5 aliphatic rings. The fourth-order valence-electron chi connectivity index (χ4n) is 8.36. The molecule has 0 radical (unpaired) electrons. The molecule has 11 heteroatoms. The number of ether oxygens (including phenoxy) is 4. The Kier molecular flexibility index (Phi) is 10.4. The van der Waals surface area contributed by atoms with Crippen molar-refractivity contribution < 1.29 is 48.3 Å². The average molecular weight is 696 g/mol. The zero-order valence-corrected chi connectivity index (χ0v) is 30.0. The molecule has 1 spiro atoms. The molecule has 5 heterocycles. The van der Waals surface area contributed by atoms with Crippen LogP contribution in [0.1, 0.15) is 90.6 Å². The minimum absolute atomic E-state index is 0.0322. The van der Waals surface area contributed by atoms with Crippen LogP contribution < -0.4 is 5.32 Å². The molecule has 1 amide bonds. The van der Waals surface area contributed by atoms with Crippen LogP contribution in [0.25, 0.3) is 0 Å². The lowest BCUT2D eigenvalue weighted by molar-refractivity contribution is -0.340. The van der Waals surface area contributed by atoms with E-state index in [0.29, 0.717) is 43.1 Å². The number of carbonyl (C=O) groups excluding carboxylic acids is 2. The second-order valence-corrected chi connectivity index (χ2v) is 15.4. The summed E-state index contributed by atoms with van der Waals surface area (Å²) in [4.78, 5) is 27.4. The molecule has 2 bridgehead atoms. The highest BCUT2D eigenvalue weighted by Crippen LogP contribution is 2.48. The van der Waals surface area contributed by atoms with E-state index in [1.807, 2.05) is 19.9 Å². The summed E-state index contributed by atoms with van der Waals surface area (Å²) in [6.45, 7) is 11.8. The van der Waals surface area contributed by atoms with Gasteiger partial charge < -0.3 is 44.0 Å². The molecule has 0 saturated carbocycles. The summed E-state index contributed by atoms with van der Waals surface area (Å²) in [6, 6.07) is 2.86. The molecule has 4 aliphatic heterocycles. The molecule has 1 aromatic rings. The van der Waals surface area contributed by atoms with Crippen molar-refractivity contribution in [1.82, 2.24) is 5.32 Å². The standard InChI is InChI=1S/C39H53NO10/c1-7-22(2)32-25(5)15-16-38(50-32)19-28-18-27(49-38)14-13-24(4)31(40-35(42)30-12-9-17-46-30)23(3)10-8-11-26-21-47-34-33(41)37(6,44)20-29(36(43)48-28)39(26,34)45/h8-13,17,20,22-23,25,27-28,31-34,41,44-45H,7,14-16,18-19,21H2,1-6H3,(H,40,42)/b10-8+,24-13+,26-11+/t22-,23-,25-,27+,28-,31+,32+,33-,34+,37+,38+,39+/m0/s1. The molecule has 1 aromatic heterocycles. The first-order chi connectivity index (χ1) is 23.7. The van der Waals surface area contributed by atoms with Crippen molar-refractivity contribution in [3.63, 3.8) is 0 Å². The zero-order valence-electron chi connectivity index (χ0n) is 30.0. The van der Waals surface area contributed by atoms with Crippen LogP contribution in [0, 0.1) is 17.8 Å². The molecule has 50 heavy (non-hydrogen) atoms. The van der Waals surface area contributed by atoms with Gasteiger partial charge in [0.05, 0.1) is 36.7 Å². The highest BCUT2D eigenvalue weighted by molar-refractivity contribution is 5.93. The van der Waals surface area contributed by atoms with E-state index in [4.69, 9.17) is 23.4 Å². The van der Waals surface area contributed by atoms with Crippen LogP contribution in [0.15, 0.2) is 69.9 Å². The van der Waals surface area contributed by atoms with Crippen molar-refractivity contribution in [2.45, 2.75) is 134 Å². The molecule has 11 nitrogen and oxygen atoms in total. The third-order valence-electron chi connectivity index (χ3n) is 11.6. The van der Waals surface area contributed by atoms with Crippen molar-refractivity contribution in [3.8, 4) is 0 Å². The maximum Gasteiger partial charge on any atom is 0.337 e. The van der Waals surface area contributed by atoms with E-state index in [1.54, 1.807) is 24.3 Å². The van der Waals surface area contributed by atoms with Gasteiger partial charge in [-0.2, -0.15) is 0 Å². The molecule has 6 rings (SSSR count). The number of amides is 1. The van der Waals surface area contributed by atoms with Gasteiger partial charge in [0.1, 0.15) is 29.5 Å². The molecular weight excluding hydrogens is 642 g/mol. The van der Waals surface area contributed by atoms with Crippen molar-refractivity contribution in [1.29, 1.82) is 0 Å². The van der Waals surface area contributed by atoms with Crippen LogP contribution in [0.5, 0.6) is 0 Å². The fourth-order valence-corrected chi connectivity index (χ4v) is 8.36. The molecule has 0 aromatic carbocycles. The average Bonchev–Trinajstić information content (AvgIpc) is 3.74. The molecule has 3 saturated heterocycles. The number of nitrogens with one attached hydrogen (secondary N) is 1. The van der Waals surface area contributed by atoms with E-state index >= 15 is 0 Å². The molecule has 12 atom stereocenters. The largest absolute Gasteiger partial charge is 0.459 e. The van der Waals surface area contributed by atoms with Gasteiger partial charge in [0.25, 0.3) is 5.91 Å². The number of aliphatic hydroxyl groups is 3. The highest BCUT2D eigenvalue weighted by Gasteiger charge is 2.61. The van der Waals surface area contributed by atoms with Gasteiger partial charge in [-0.25, -0.2) is 4.79 Å². The Morgan fingerprint density at radius 3 is 2.68 bits per heavy atom. The van der Waals surface area contributed by atoms with E-state index in [1.165, 1.54) is 19.3 Å². The maximum absolute atomic E-state index is 14.2. The number of aliphatic hydroxyl groups excluding tert-OH is 1. The Hall–Kier alpha value is -3.06. The number of rotatable bonds is 4. The second-order valence-electron chi connectivity index (χ2n) is 15.4. The van der Waals surface area contributed by atoms with E-state index < -0.39 is 47.3 Å². The third-order valence-corrected chi connectivity index (χ3v) is 11.6. The summed E-state index contributed by atoms with van der Waals surface area (Å²) in [5, 5.41) is 37.6. The summed E-state index contributed by atoms with van der Waals surface area (Å²) < 4.78 is 31.2. The minimum atomic E-state index is -2.05. The summed E-state index contributed by atoms with van der Waals surface area (Å²) >= 11 is 0. The van der Waals surface area contributed by atoms with Gasteiger partial charge in [-0.05, 0) is 68.2 Å². The lowest BCUT2D eigenvalue weighted by Crippen LogP contribution is -2.61. The predicted molar refractivity (Wildman–Crippen MR) is 184 cm³/mol. The van der Waals surface area contributed by atoms with Crippen molar-refractivity contribution in [3.05, 3.63) is 71.3 Å². The normalized spacial score (nSPS) is 44.1. The van der Waals surface area contributed by atoms with Gasteiger partial charge in [0.15, 0.2) is 11.5 Å². The molecule has 3 fully saturated rings. The monoisotopic (exact) mass is 695 g/mol. The Labute approximate surface area is 294 Å². The van der Waals surface area contributed by atoms with Gasteiger partial charge in [-0.1, -0.05) is 64.0 Å². The summed E-state index contributed by atoms with van der Waals surface area (Å²) in [5.41, 5.74) is -2.84.